The van der Waals surface area contributed by atoms with E-state index in [-0.39, 0.29) is 30.6 Å². The molecule has 3 rings (SSSR count). The van der Waals surface area contributed by atoms with Crippen LogP contribution in [0.15, 0.2) is 18.3 Å². The fourth-order valence-electron chi connectivity index (χ4n) is 3.19. The number of fused-ring (bicyclic) bond motifs is 1. The van der Waals surface area contributed by atoms with Gasteiger partial charge in [-0.1, -0.05) is 25.3 Å². The summed E-state index contributed by atoms with van der Waals surface area (Å²) in [5, 5.41) is 5.56. The minimum absolute atomic E-state index is 0.0849. The summed E-state index contributed by atoms with van der Waals surface area (Å²) in [5.41, 5.74) is 0.997. The van der Waals surface area contributed by atoms with Crippen LogP contribution in [-0.4, -0.2) is 33.8 Å². The molecule has 0 aliphatic heterocycles. The fourth-order valence-corrected chi connectivity index (χ4v) is 3.19. The summed E-state index contributed by atoms with van der Waals surface area (Å²) in [4.78, 5) is 28.1. The zero-order chi connectivity index (χ0) is 17.8. The Morgan fingerprint density at radius 3 is 2.80 bits per heavy atom. The van der Waals surface area contributed by atoms with Crippen LogP contribution in [0.4, 0.5) is 4.39 Å². The van der Waals surface area contributed by atoms with Gasteiger partial charge in [-0.25, -0.2) is 4.98 Å². The molecule has 2 aromatic rings. The first kappa shape index (κ1) is 17.4. The molecule has 0 atom stereocenters. The summed E-state index contributed by atoms with van der Waals surface area (Å²) in [7, 11) is 0. The molecule has 2 N–H and O–H groups in total. The number of carbonyl (C=O) groups is 2. The molecule has 0 unspecified atom stereocenters. The first-order valence-corrected chi connectivity index (χ1v) is 8.76. The number of pyridine rings is 1. The number of halogens is 1. The maximum Gasteiger partial charge on any atom is 0.274 e. The number of nitrogens with one attached hydrogen (secondary N) is 2. The van der Waals surface area contributed by atoms with E-state index in [0.29, 0.717) is 5.65 Å². The molecule has 134 valence electrons. The Labute approximate surface area is 145 Å². The molecular weight excluding hydrogens is 323 g/mol. The lowest BCUT2D eigenvalue weighted by molar-refractivity contribution is -0.121. The van der Waals surface area contributed by atoms with Crippen LogP contribution in [-0.2, 0) is 4.79 Å². The normalized spacial score (nSPS) is 15.3. The van der Waals surface area contributed by atoms with Crippen molar-refractivity contribution in [1.82, 2.24) is 20.0 Å². The van der Waals surface area contributed by atoms with Crippen molar-refractivity contribution in [2.24, 2.45) is 0 Å². The van der Waals surface area contributed by atoms with Gasteiger partial charge in [-0.05, 0) is 31.4 Å². The van der Waals surface area contributed by atoms with Gasteiger partial charge < -0.3 is 10.6 Å². The van der Waals surface area contributed by atoms with Gasteiger partial charge in [0.05, 0.1) is 0 Å². The molecule has 2 amide bonds. The van der Waals surface area contributed by atoms with Crippen molar-refractivity contribution >= 4 is 17.5 Å². The Morgan fingerprint density at radius 1 is 1.28 bits per heavy atom. The minimum atomic E-state index is -0.692. The molecule has 0 saturated heterocycles. The maximum atomic E-state index is 14.3. The number of carbonyl (C=O) groups excluding carboxylic acids is 2. The highest BCUT2D eigenvalue weighted by molar-refractivity contribution is 5.93. The topological polar surface area (TPSA) is 75.5 Å². The van der Waals surface area contributed by atoms with E-state index in [1.54, 1.807) is 18.3 Å². The average molecular weight is 346 g/mol. The van der Waals surface area contributed by atoms with Crippen LogP contribution in [0.3, 0.4) is 0 Å². The van der Waals surface area contributed by atoms with E-state index in [2.05, 4.69) is 15.6 Å². The summed E-state index contributed by atoms with van der Waals surface area (Å²) < 4.78 is 15.6. The van der Waals surface area contributed by atoms with Crippen LogP contribution in [0, 0.1) is 12.9 Å². The van der Waals surface area contributed by atoms with E-state index in [1.165, 1.54) is 10.8 Å². The summed E-state index contributed by atoms with van der Waals surface area (Å²) in [6, 6.07) is 3.71. The van der Waals surface area contributed by atoms with Crippen molar-refractivity contribution < 1.29 is 14.0 Å². The van der Waals surface area contributed by atoms with Crippen LogP contribution in [0.2, 0.25) is 0 Å². The standard InChI is InChI=1S/C18H23FN4O2/c1-12-7-8-14-22-16(17(19)23(14)11-12)18(25)20-10-9-15(24)21-13-5-3-2-4-6-13/h7-8,11,13H,2-6,9-10H2,1H3,(H,20,25)(H,21,24). The number of hydrogen-bond donors (Lipinski definition) is 2. The Balaban J connectivity index is 1.52. The van der Waals surface area contributed by atoms with Crippen molar-refractivity contribution in [3.05, 3.63) is 35.5 Å². The lowest BCUT2D eigenvalue weighted by Gasteiger charge is -2.22. The third-order valence-electron chi connectivity index (χ3n) is 4.53. The molecule has 7 heteroatoms. The van der Waals surface area contributed by atoms with Gasteiger partial charge in [0.15, 0.2) is 5.69 Å². The average Bonchev–Trinajstić information content (AvgIpc) is 2.92. The SMILES string of the molecule is Cc1ccc2nc(C(=O)NCCC(=O)NC3CCCCC3)c(F)n2c1. The summed E-state index contributed by atoms with van der Waals surface area (Å²) in [6.07, 6.45) is 7.32. The zero-order valence-electron chi connectivity index (χ0n) is 14.3. The highest BCUT2D eigenvalue weighted by atomic mass is 19.1. The molecule has 0 spiro atoms. The van der Waals surface area contributed by atoms with Crippen molar-refractivity contribution in [2.75, 3.05) is 6.54 Å². The molecule has 2 heterocycles. The van der Waals surface area contributed by atoms with Crippen molar-refractivity contribution in [1.29, 1.82) is 0 Å². The predicted octanol–water partition coefficient (Wildman–Crippen LogP) is 2.35. The third kappa shape index (κ3) is 4.15. The number of aryl methyl sites for hydroxylation is 1. The molecule has 0 radical (unpaired) electrons. The second-order valence-electron chi connectivity index (χ2n) is 6.59. The smallest absolute Gasteiger partial charge is 0.274 e. The fraction of sp³-hybridized carbons (Fsp3) is 0.500. The largest absolute Gasteiger partial charge is 0.353 e. The quantitative estimate of drug-likeness (QED) is 0.873. The minimum Gasteiger partial charge on any atom is -0.353 e. The number of aromatic nitrogens is 2. The highest BCUT2D eigenvalue weighted by Gasteiger charge is 2.20. The van der Waals surface area contributed by atoms with Gasteiger partial charge in [0, 0.05) is 25.2 Å². The lowest BCUT2D eigenvalue weighted by atomic mass is 9.95. The van der Waals surface area contributed by atoms with Gasteiger partial charge in [0.1, 0.15) is 5.65 Å². The number of nitrogens with zero attached hydrogens (tertiary/aromatic N) is 2. The summed E-state index contributed by atoms with van der Waals surface area (Å²) in [5.74, 6) is -1.38. The van der Waals surface area contributed by atoms with Crippen LogP contribution in [0.5, 0.6) is 0 Å². The molecule has 1 aliphatic rings. The lowest BCUT2D eigenvalue weighted by Crippen LogP contribution is -2.38. The van der Waals surface area contributed by atoms with E-state index in [4.69, 9.17) is 0 Å². The molecule has 6 nitrogen and oxygen atoms in total. The Hall–Kier alpha value is -2.44. The number of imidazole rings is 1. The third-order valence-corrected chi connectivity index (χ3v) is 4.53. The van der Waals surface area contributed by atoms with Gasteiger partial charge in [-0.3, -0.25) is 14.0 Å². The first-order valence-electron chi connectivity index (χ1n) is 8.76. The van der Waals surface area contributed by atoms with Crippen molar-refractivity contribution in [3.8, 4) is 0 Å². The van der Waals surface area contributed by atoms with Crippen molar-refractivity contribution in [2.45, 2.75) is 51.5 Å². The molecule has 25 heavy (non-hydrogen) atoms. The van der Waals surface area contributed by atoms with Gasteiger partial charge in [0.2, 0.25) is 11.9 Å². The Morgan fingerprint density at radius 2 is 2.04 bits per heavy atom. The number of rotatable bonds is 5. The molecule has 0 aromatic carbocycles. The van der Waals surface area contributed by atoms with E-state index < -0.39 is 11.9 Å². The molecule has 1 saturated carbocycles. The van der Waals surface area contributed by atoms with Crippen LogP contribution >= 0.6 is 0 Å². The predicted molar refractivity (Wildman–Crippen MR) is 91.9 cm³/mol. The van der Waals surface area contributed by atoms with Gasteiger partial charge in [-0.15, -0.1) is 0 Å². The highest BCUT2D eigenvalue weighted by Crippen LogP contribution is 2.17. The summed E-state index contributed by atoms with van der Waals surface area (Å²) in [6.45, 7) is 1.99. The molecule has 0 bridgehead atoms. The van der Waals surface area contributed by atoms with Gasteiger partial charge in [-0.2, -0.15) is 4.39 Å². The van der Waals surface area contributed by atoms with E-state index in [1.807, 2.05) is 6.92 Å². The molecule has 1 aliphatic carbocycles. The van der Waals surface area contributed by atoms with E-state index in [9.17, 15) is 14.0 Å². The number of hydrogen-bond acceptors (Lipinski definition) is 3. The Bertz CT molecular complexity index is 781. The van der Waals surface area contributed by atoms with Gasteiger partial charge in [0.25, 0.3) is 5.91 Å². The first-order chi connectivity index (χ1) is 12.0. The van der Waals surface area contributed by atoms with Crippen molar-refractivity contribution in [3.63, 3.8) is 0 Å². The molecule has 2 aromatic heterocycles. The van der Waals surface area contributed by atoms with Crippen LogP contribution < -0.4 is 10.6 Å². The van der Waals surface area contributed by atoms with E-state index in [0.717, 1.165) is 31.2 Å². The van der Waals surface area contributed by atoms with Gasteiger partial charge >= 0.3 is 0 Å². The van der Waals surface area contributed by atoms with Crippen LogP contribution in [0.1, 0.15) is 54.6 Å². The zero-order valence-corrected chi connectivity index (χ0v) is 14.3. The molecule has 1 fully saturated rings. The molecular formula is C18H23FN4O2. The van der Waals surface area contributed by atoms with Crippen LogP contribution in [0.25, 0.3) is 5.65 Å². The maximum absolute atomic E-state index is 14.3. The van der Waals surface area contributed by atoms with E-state index >= 15 is 0 Å². The number of amides is 2. The monoisotopic (exact) mass is 346 g/mol. The second kappa shape index (κ2) is 7.63. The Kier molecular flexibility index (Phi) is 5.31. The summed E-state index contributed by atoms with van der Waals surface area (Å²) >= 11 is 0. The second-order valence-corrected chi connectivity index (χ2v) is 6.59.